The molecule has 0 aliphatic rings. The first kappa shape index (κ1) is 23.6. The summed E-state index contributed by atoms with van der Waals surface area (Å²) in [7, 11) is 1.59. The summed E-state index contributed by atoms with van der Waals surface area (Å²) < 4.78 is 20.4. The fraction of sp³-hybridized carbons (Fsp3) is 0.125. The first-order chi connectivity index (χ1) is 16.5. The van der Waals surface area contributed by atoms with Crippen LogP contribution in [0.3, 0.4) is 0 Å². The van der Waals surface area contributed by atoms with Gasteiger partial charge in [-0.1, -0.05) is 41.6 Å². The summed E-state index contributed by atoms with van der Waals surface area (Å²) in [6.07, 6.45) is 0. The Morgan fingerprint density at radius 3 is 2.65 bits per heavy atom. The molecule has 1 amide bonds. The van der Waals surface area contributed by atoms with Crippen molar-refractivity contribution in [2.24, 2.45) is 0 Å². The number of carbonyl (C=O) groups is 1. The maximum Gasteiger partial charge on any atom is 0.234 e. The van der Waals surface area contributed by atoms with Gasteiger partial charge in [-0.25, -0.2) is 4.39 Å². The maximum absolute atomic E-state index is 13.2. The largest absolute Gasteiger partial charge is 0.497 e. The Hall–Kier alpha value is -3.56. The Kier molecular flexibility index (Phi) is 7.66. The van der Waals surface area contributed by atoms with Gasteiger partial charge in [-0.15, -0.1) is 10.2 Å². The number of hydrogen-bond donors (Lipinski definition) is 2. The summed E-state index contributed by atoms with van der Waals surface area (Å²) in [5.41, 5.74) is 2.08. The number of benzene rings is 3. The Morgan fingerprint density at radius 1 is 1.09 bits per heavy atom. The van der Waals surface area contributed by atoms with Crippen molar-refractivity contribution in [1.29, 1.82) is 0 Å². The molecule has 0 atom stereocenters. The molecular formula is C24H21ClFN5O2S. The number of carbonyl (C=O) groups excluding carboxylic acids is 1. The van der Waals surface area contributed by atoms with Crippen LogP contribution in [0.15, 0.2) is 78.0 Å². The van der Waals surface area contributed by atoms with Gasteiger partial charge < -0.3 is 15.4 Å². The summed E-state index contributed by atoms with van der Waals surface area (Å²) in [5.74, 6) is 0.879. The van der Waals surface area contributed by atoms with E-state index in [2.05, 4.69) is 20.8 Å². The molecule has 0 aliphatic heterocycles. The topological polar surface area (TPSA) is 81.1 Å². The van der Waals surface area contributed by atoms with Crippen LogP contribution in [0.2, 0.25) is 5.02 Å². The second kappa shape index (κ2) is 11.0. The zero-order valence-corrected chi connectivity index (χ0v) is 19.7. The number of para-hydroxylation sites is 1. The van der Waals surface area contributed by atoms with Crippen LogP contribution in [0.1, 0.15) is 5.82 Å². The van der Waals surface area contributed by atoms with Crippen molar-refractivity contribution in [3.63, 3.8) is 0 Å². The van der Waals surface area contributed by atoms with Gasteiger partial charge in [0.25, 0.3) is 0 Å². The van der Waals surface area contributed by atoms with Gasteiger partial charge in [0.1, 0.15) is 11.6 Å². The molecule has 7 nitrogen and oxygen atoms in total. The van der Waals surface area contributed by atoms with Crippen molar-refractivity contribution < 1.29 is 13.9 Å². The van der Waals surface area contributed by atoms with Crippen LogP contribution in [0.5, 0.6) is 5.75 Å². The average Bonchev–Trinajstić information content (AvgIpc) is 3.26. The lowest BCUT2D eigenvalue weighted by Crippen LogP contribution is -2.15. The standard InChI is InChI=1S/C24H21ClFN5O2S/c1-33-19-6-4-5-18(13-19)31-22(14-27-17-11-9-16(26)10-12-17)29-30-24(31)34-15-23(32)28-21-8-3-2-7-20(21)25/h2-13,27H,14-15H2,1H3,(H,28,32). The van der Waals surface area contributed by atoms with E-state index in [9.17, 15) is 9.18 Å². The molecular weight excluding hydrogens is 477 g/mol. The summed E-state index contributed by atoms with van der Waals surface area (Å²) >= 11 is 7.38. The highest BCUT2D eigenvalue weighted by Crippen LogP contribution is 2.26. The lowest BCUT2D eigenvalue weighted by molar-refractivity contribution is -0.113. The van der Waals surface area contributed by atoms with Gasteiger partial charge in [-0.2, -0.15) is 0 Å². The van der Waals surface area contributed by atoms with E-state index in [1.165, 1.54) is 23.9 Å². The minimum absolute atomic E-state index is 0.110. The van der Waals surface area contributed by atoms with Crippen LogP contribution in [-0.4, -0.2) is 33.5 Å². The molecule has 0 bridgehead atoms. The highest BCUT2D eigenvalue weighted by atomic mass is 35.5. The minimum Gasteiger partial charge on any atom is -0.497 e. The average molecular weight is 498 g/mol. The molecule has 0 unspecified atom stereocenters. The number of rotatable bonds is 9. The van der Waals surface area contributed by atoms with Gasteiger partial charge in [0, 0.05) is 11.8 Å². The molecule has 4 rings (SSSR count). The van der Waals surface area contributed by atoms with Crippen molar-refractivity contribution in [3.05, 3.63) is 89.5 Å². The predicted octanol–water partition coefficient (Wildman–Crippen LogP) is 5.41. The van der Waals surface area contributed by atoms with E-state index in [0.29, 0.717) is 34.0 Å². The molecule has 3 aromatic carbocycles. The van der Waals surface area contributed by atoms with E-state index in [-0.39, 0.29) is 17.5 Å². The first-order valence-corrected chi connectivity index (χ1v) is 11.6. The van der Waals surface area contributed by atoms with E-state index in [1.807, 2.05) is 28.8 Å². The molecule has 0 aliphatic carbocycles. The van der Waals surface area contributed by atoms with Crippen molar-refractivity contribution in [3.8, 4) is 11.4 Å². The Morgan fingerprint density at radius 2 is 1.88 bits per heavy atom. The number of thioether (sulfide) groups is 1. The Balaban J connectivity index is 1.54. The van der Waals surface area contributed by atoms with Crippen LogP contribution < -0.4 is 15.4 Å². The van der Waals surface area contributed by atoms with E-state index in [4.69, 9.17) is 16.3 Å². The van der Waals surface area contributed by atoms with Crippen molar-refractivity contribution >= 4 is 40.6 Å². The number of hydrogen-bond acceptors (Lipinski definition) is 6. The molecule has 1 heterocycles. The lowest BCUT2D eigenvalue weighted by atomic mass is 10.3. The highest BCUT2D eigenvalue weighted by molar-refractivity contribution is 7.99. The SMILES string of the molecule is COc1cccc(-n2c(CNc3ccc(F)cc3)nnc2SCC(=O)Nc2ccccc2Cl)c1. The maximum atomic E-state index is 13.2. The normalized spacial score (nSPS) is 10.7. The number of aromatic nitrogens is 3. The summed E-state index contributed by atoms with van der Waals surface area (Å²) in [4.78, 5) is 12.5. The number of nitrogens with zero attached hydrogens (tertiary/aromatic N) is 3. The third kappa shape index (κ3) is 5.86. The number of methoxy groups -OCH3 is 1. The molecule has 0 radical (unpaired) electrons. The Bertz CT molecular complexity index is 1280. The summed E-state index contributed by atoms with van der Waals surface area (Å²) in [5, 5.41) is 15.6. The summed E-state index contributed by atoms with van der Waals surface area (Å²) in [6.45, 7) is 0.336. The molecule has 0 spiro atoms. The van der Waals surface area contributed by atoms with Crippen LogP contribution >= 0.6 is 23.4 Å². The molecule has 10 heteroatoms. The molecule has 0 saturated carbocycles. The third-order valence-corrected chi connectivity index (χ3v) is 6.05. The van der Waals surface area contributed by atoms with Gasteiger partial charge in [-0.3, -0.25) is 9.36 Å². The van der Waals surface area contributed by atoms with Gasteiger partial charge in [0.2, 0.25) is 5.91 Å². The third-order valence-electron chi connectivity index (χ3n) is 4.79. The van der Waals surface area contributed by atoms with Crippen LogP contribution in [0.25, 0.3) is 5.69 Å². The number of ether oxygens (including phenoxy) is 1. The number of anilines is 2. The van der Waals surface area contributed by atoms with Crippen molar-refractivity contribution in [2.45, 2.75) is 11.7 Å². The number of amides is 1. The van der Waals surface area contributed by atoms with E-state index < -0.39 is 0 Å². The number of nitrogens with one attached hydrogen (secondary N) is 2. The van der Waals surface area contributed by atoms with Crippen LogP contribution in [0, 0.1) is 5.82 Å². The smallest absolute Gasteiger partial charge is 0.234 e. The second-order valence-corrected chi connectivity index (χ2v) is 8.46. The van der Waals surface area contributed by atoms with Crippen molar-refractivity contribution in [1.82, 2.24) is 14.8 Å². The van der Waals surface area contributed by atoms with Gasteiger partial charge in [0.05, 0.1) is 35.8 Å². The van der Waals surface area contributed by atoms with E-state index in [1.54, 1.807) is 43.5 Å². The summed E-state index contributed by atoms with van der Waals surface area (Å²) in [6, 6.07) is 20.6. The monoisotopic (exact) mass is 497 g/mol. The number of halogens is 2. The molecule has 4 aromatic rings. The zero-order chi connectivity index (χ0) is 23.9. The van der Waals surface area contributed by atoms with Crippen LogP contribution in [-0.2, 0) is 11.3 Å². The Labute approximate surface area is 205 Å². The quantitative estimate of drug-likeness (QED) is 0.301. The van der Waals surface area contributed by atoms with Gasteiger partial charge in [-0.05, 0) is 48.5 Å². The molecule has 34 heavy (non-hydrogen) atoms. The van der Waals surface area contributed by atoms with E-state index >= 15 is 0 Å². The predicted molar refractivity (Wildman–Crippen MR) is 132 cm³/mol. The lowest BCUT2D eigenvalue weighted by Gasteiger charge is -2.13. The zero-order valence-electron chi connectivity index (χ0n) is 18.2. The molecule has 0 saturated heterocycles. The van der Waals surface area contributed by atoms with Crippen LogP contribution in [0.4, 0.5) is 15.8 Å². The fourth-order valence-corrected chi connectivity index (χ4v) is 4.10. The fourth-order valence-electron chi connectivity index (χ4n) is 3.15. The second-order valence-electron chi connectivity index (χ2n) is 7.11. The van der Waals surface area contributed by atoms with Gasteiger partial charge in [0.15, 0.2) is 11.0 Å². The van der Waals surface area contributed by atoms with E-state index in [0.717, 1.165) is 11.4 Å². The minimum atomic E-state index is -0.307. The molecule has 174 valence electrons. The molecule has 0 fully saturated rings. The van der Waals surface area contributed by atoms with Crippen molar-refractivity contribution in [2.75, 3.05) is 23.5 Å². The molecule has 2 N–H and O–H groups in total. The molecule has 1 aromatic heterocycles. The first-order valence-electron chi connectivity index (χ1n) is 10.3. The highest BCUT2D eigenvalue weighted by Gasteiger charge is 2.17. The van der Waals surface area contributed by atoms with Gasteiger partial charge >= 0.3 is 0 Å².